The highest BCUT2D eigenvalue weighted by molar-refractivity contribution is 5.94. The molecule has 0 radical (unpaired) electrons. The Labute approximate surface area is 303 Å². The van der Waals surface area contributed by atoms with Crippen molar-refractivity contribution >= 4 is 11.9 Å². The zero-order valence-electron chi connectivity index (χ0n) is 29.6. The lowest BCUT2D eigenvalue weighted by Crippen LogP contribution is -2.26. The van der Waals surface area contributed by atoms with Crippen molar-refractivity contribution < 1.29 is 34.0 Å². The summed E-state index contributed by atoms with van der Waals surface area (Å²) in [5.41, 5.74) is 11.8. The summed E-state index contributed by atoms with van der Waals surface area (Å²) in [6.45, 7) is 3.89. The van der Waals surface area contributed by atoms with E-state index < -0.39 is 5.97 Å². The Balaban J connectivity index is 0.000000153. The number of aromatic carboxylic acids is 1. The number of fused-ring (bicyclic) bond motifs is 2. The van der Waals surface area contributed by atoms with Gasteiger partial charge in [-0.2, -0.15) is 20.2 Å². The maximum absolute atomic E-state index is 12.4. The van der Waals surface area contributed by atoms with Crippen LogP contribution in [0.2, 0.25) is 0 Å². The number of carbonyl (C=O) groups excluding carboxylic acids is 1. The van der Waals surface area contributed by atoms with Crippen molar-refractivity contribution in [3.05, 3.63) is 94.2 Å². The van der Waals surface area contributed by atoms with E-state index in [1.807, 2.05) is 26.0 Å². The van der Waals surface area contributed by atoms with Gasteiger partial charge in [0.05, 0.1) is 29.6 Å². The van der Waals surface area contributed by atoms with Crippen molar-refractivity contribution in [1.82, 2.24) is 45.2 Å². The molecule has 0 unspecified atom stereocenters. The first-order valence-corrected chi connectivity index (χ1v) is 17.1. The number of phenols is 2. The maximum atomic E-state index is 12.4. The first kappa shape index (κ1) is 36.4. The molecule has 8 rings (SSSR count). The van der Waals surface area contributed by atoms with Crippen LogP contribution in [0.4, 0.5) is 0 Å². The van der Waals surface area contributed by atoms with Crippen LogP contribution in [-0.4, -0.2) is 67.0 Å². The highest BCUT2D eigenvalue weighted by Crippen LogP contribution is 2.41. The normalized spacial score (nSPS) is 15.5. The van der Waals surface area contributed by atoms with Gasteiger partial charge < -0.3 is 35.4 Å². The van der Waals surface area contributed by atoms with Crippen LogP contribution in [0, 0.1) is 0 Å². The van der Waals surface area contributed by atoms with Gasteiger partial charge in [0.25, 0.3) is 5.91 Å². The third-order valence-corrected chi connectivity index (χ3v) is 8.92. The second-order valence-corrected chi connectivity index (χ2v) is 12.7. The molecule has 2 aromatic carbocycles. The fourth-order valence-electron chi connectivity index (χ4n) is 6.28. The number of nitrogens with two attached hydrogens (primary N) is 1. The standard InChI is InChI=1S/C18H19N5O3.C13H15N3O2.C5H6N2O2/c1-3-15-21-17(22-26-15)11-6-10-4-5-13(16(10)14(24)7-11)20-18(25)12-8-19-23(2)9-12;1-2-11-15-13(16-18-11)8-5-7-3-4-9(14)12(7)10(17)6-8;1-7-3-4(2-6-7)5(8)9/h6-9,13,24H,3-5H2,1-2H3,(H,20,25);5-6,9,17H,2-4,14H2,1H3;2-3H,1H3,(H,8,9)/t13-;9-;/m11./s1. The lowest BCUT2D eigenvalue weighted by molar-refractivity contribution is 0.0696. The molecule has 2 aliphatic carbocycles. The summed E-state index contributed by atoms with van der Waals surface area (Å²) in [5, 5.41) is 47.5. The number of amides is 1. The SMILES string of the molecule is CCc1nc(-c2cc(O)c3c(c2)CC[C@H]3N)no1.CCc1nc(-c2cc(O)c3c(c2)CC[C@H]3NC(=O)c2cnn(C)c2)no1.Cn1cc(C(=O)O)cn1. The first-order chi connectivity index (χ1) is 25.4. The number of nitrogens with one attached hydrogen (secondary N) is 1. The molecule has 4 heterocycles. The molecule has 1 amide bonds. The molecule has 53 heavy (non-hydrogen) atoms. The summed E-state index contributed by atoms with van der Waals surface area (Å²) in [6, 6.07) is 6.93. The average molecular weight is 725 g/mol. The Hall–Kier alpha value is -6.36. The van der Waals surface area contributed by atoms with E-state index >= 15 is 0 Å². The smallest absolute Gasteiger partial charge is 0.338 e. The quantitative estimate of drug-likeness (QED) is 0.155. The van der Waals surface area contributed by atoms with Gasteiger partial charge in [0.1, 0.15) is 11.5 Å². The molecule has 17 heteroatoms. The molecule has 4 aromatic heterocycles. The van der Waals surface area contributed by atoms with Crippen molar-refractivity contribution in [2.75, 3.05) is 0 Å². The van der Waals surface area contributed by atoms with Crippen molar-refractivity contribution in [3.63, 3.8) is 0 Å². The number of carbonyl (C=O) groups is 2. The number of aromatic nitrogens is 8. The maximum Gasteiger partial charge on any atom is 0.338 e. The van der Waals surface area contributed by atoms with E-state index in [2.05, 4.69) is 35.8 Å². The van der Waals surface area contributed by atoms with Gasteiger partial charge in [0, 0.05) is 67.6 Å². The second kappa shape index (κ2) is 15.5. The van der Waals surface area contributed by atoms with Crippen LogP contribution in [0.25, 0.3) is 22.8 Å². The summed E-state index contributed by atoms with van der Waals surface area (Å²) in [5.74, 6) is 1.36. The van der Waals surface area contributed by atoms with Crippen molar-refractivity contribution in [2.24, 2.45) is 19.8 Å². The van der Waals surface area contributed by atoms with E-state index in [-0.39, 0.29) is 35.1 Å². The van der Waals surface area contributed by atoms with E-state index in [4.69, 9.17) is 19.9 Å². The van der Waals surface area contributed by atoms with Crippen LogP contribution in [0.1, 0.15) is 93.5 Å². The monoisotopic (exact) mass is 724 g/mol. The van der Waals surface area contributed by atoms with Gasteiger partial charge in [-0.05, 0) is 61.1 Å². The minimum Gasteiger partial charge on any atom is -0.508 e. The zero-order valence-corrected chi connectivity index (χ0v) is 29.6. The number of aryl methyl sites for hydroxylation is 6. The number of aromatic hydroxyl groups is 2. The minimum absolute atomic E-state index is 0.0643. The van der Waals surface area contributed by atoms with Crippen LogP contribution in [0.3, 0.4) is 0 Å². The zero-order chi connectivity index (χ0) is 37.8. The van der Waals surface area contributed by atoms with E-state index in [0.29, 0.717) is 47.4 Å². The molecule has 0 saturated heterocycles. The number of hydrogen-bond donors (Lipinski definition) is 5. The highest BCUT2D eigenvalue weighted by Gasteiger charge is 2.29. The van der Waals surface area contributed by atoms with Gasteiger partial charge >= 0.3 is 5.97 Å². The van der Waals surface area contributed by atoms with Gasteiger partial charge in [0.2, 0.25) is 23.4 Å². The molecular weight excluding hydrogens is 684 g/mol. The minimum atomic E-state index is -0.942. The number of hydrogen-bond acceptors (Lipinski definition) is 13. The lowest BCUT2D eigenvalue weighted by atomic mass is 10.0. The van der Waals surface area contributed by atoms with Gasteiger partial charge in [-0.15, -0.1) is 0 Å². The Morgan fingerprint density at radius 3 is 1.79 bits per heavy atom. The van der Waals surface area contributed by atoms with Crippen LogP contribution in [-0.2, 0) is 39.8 Å². The molecular formula is C36H40N10O7. The highest BCUT2D eigenvalue weighted by atomic mass is 16.5. The van der Waals surface area contributed by atoms with Crippen LogP contribution >= 0.6 is 0 Å². The van der Waals surface area contributed by atoms with Gasteiger partial charge in [-0.25, -0.2) is 4.79 Å². The summed E-state index contributed by atoms with van der Waals surface area (Å²) in [7, 11) is 3.43. The van der Waals surface area contributed by atoms with Crippen LogP contribution in [0.5, 0.6) is 11.5 Å². The van der Waals surface area contributed by atoms with E-state index in [1.165, 1.54) is 23.3 Å². The molecule has 2 aliphatic rings. The van der Waals surface area contributed by atoms with Crippen LogP contribution < -0.4 is 11.1 Å². The summed E-state index contributed by atoms with van der Waals surface area (Å²) >= 11 is 0. The van der Waals surface area contributed by atoms with Crippen molar-refractivity contribution in [1.29, 1.82) is 0 Å². The van der Waals surface area contributed by atoms with Crippen molar-refractivity contribution in [3.8, 4) is 34.3 Å². The number of phenolic OH excluding ortho intramolecular Hbond substituents is 2. The molecule has 2 atom stereocenters. The molecule has 6 aromatic rings. The fourth-order valence-corrected chi connectivity index (χ4v) is 6.28. The van der Waals surface area contributed by atoms with Gasteiger partial charge in [-0.3, -0.25) is 14.2 Å². The number of carboxylic acid groups (broad SMARTS) is 1. The molecule has 17 nitrogen and oxygen atoms in total. The lowest BCUT2D eigenvalue weighted by Gasteiger charge is -2.15. The van der Waals surface area contributed by atoms with E-state index in [9.17, 15) is 19.8 Å². The Morgan fingerprint density at radius 1 is 0.811 bits per heavy atom. The molecule has 0 aliphatic heterocycles. The number of benzene rings is 2. The third kappa shape index (κ3) is 8.09. The number of nitrogens with zero attached hydrogens (tertiary/aromatic N) is 8. The fraction of sp³-hybridized carbons (Fsp3) is 0.333. The average Bonchev–Trinajstić information content (AvgIpc) is 3.98. The molecule has 0 bridgehead atoms. The van der Waals surface area contributed by atoms with Gasteiger partial charge in [0.15, 0.2) is 0 Å². The van der Waals surface area contributed by atoms with E-state index in [1.54, 1.807) is 37.1 Å². The summed E-state index contributed by atoms with van der Waals surface area (Å²) in [6.07, 6.45) is 10.5. The molecule has 276 valence electrons. The third-order valence-electron chi connectivity index (χ3n) is 8.92. The molecule has 0 spiro atoms. The Morgan fingerprint density at radius 2 is 1.32 bits per heavy atom. The Kier molecular flexibility index (Phi) is 10.6. The number of carboxylic acids is 1. The second-order valence-electron chi connectivity index (χ2n) is 12.7. The Bertz CT molecular complexity index is 2250. The van der Waals surface area contributed by atoms with Crippen LogP contribution in [0.15, 0.2) is 58.1 Å². The summed E-state index contributed by atoms with van der Waals surface area (Å²) in [4.78, 5) is 31.1. The van der Waals surface area contributed by atoms with E-state index in [0.717, 1.165) is 53.5 Å². The predicted molar refractivity (Wildman–Crippen MR) is 189 cm³/mol. The molecule has 6 N–H and O–H groups in total. The molecule has 0 saturated carbocycles. The topological polar surface area (TPSA) is 246 Å². The largest absolute Gasteiger partial charge is 0.508 e. The first-order valence-electron chi connectivity index (χ1n) is 17.1. The predicted octanol–water partition coefficient (Wildman–Crippen LogP) is 4.22. The molecule has 0 fully saturated rings. The van der Waals surface area contributed by atoms with Gasteiger partial charge in [-0.1, -0.05) is 24.2 Å². The number of rotatable bonds is 7. The van der Waals surface area contributed by atoms with Crippen molar-refractivity contribution in [2.45, 2.75) is 64.5 Å². The summed E-state index contributed by atoms with van der Waals surface area (Å²) < 4.78 is 13.3.